The second-order valence-corrected chi connectivity index (χ2v) is 8.27. The highest BCUT2D eigenvalue weighted by Crippen LogP contribution is 2.44. The number of aliphatic hydroxyl groups is 1. The van der Waals surface area contributed by atoms with Crippen molar-refractivity contribution in [3.8, 4) is 22.9 Å². The summed E-state index contributed by atoms with van der Waals surface area (Å²) in [6.07, 6.45) is 2.09. The van der Waals surface area contributed by atoms with Gasteiger partial charge in [-0.1, -0.05) is 18.2 Å². The maximum atomic E-state index is 13.4. The van der Waals surface area contributed by atoms with Crippen LogP contribution in [0.1, 0.15) is 48.2 Å². The minimum absolute atomic E-state index is 0.0500. The SMILES string of the molecule is COc1cc(C#N)cc(-c2cccc3c2C(=O)N(C(C2CC2)C(C)(C)O)C3)c1. The first-order valence-corrected chi connectivity index (χ1v) is 9.58. The Kier molecular flexibility index (Phi) is 4.40. The molecule has 5 heteroatoms. The highest BCUT2D eigenvalue weighted by molar-refractivity contribution is 6.05. The Labute approximate surface area is 165 Å². The van der Waals surface area contributed by atoms with Gasteiger partial charge in [0.05, 0.1) is 35.9 Å². The van der Waals surface area contributed by atoms with E-state index < -0.39 is 5.60 Å². The number of carbonyl (C=O) groups is 1. The zero-order valence-electron chi connectivity index (χ0n) is 16.4. The third-order valence-electron chi connectivity index (χ3n) is 5.68. The van der Waals surface area contributed by atoms with Gasteiger partial charge in [0.1, 0.15) is 5.75 Å². The van der Waals surface area contributed by atoms with E-state index in [1.807, 2.05) is 29.2 Å². The first kappa shape index (κ1) is 18.5. The van der Waals surface area contributed by atoms with Crippen LogP contribution in [-0.2, 0) is 6.54 Å². The first-order valence-electron chi connectivity index (χ1n) is 9.58. The van der Waals surface area contributed by atoms with Crippen LogP contribution < -0.4 is 4.74 Å². The summed E-state index contributed by atoms with van der Waals surface area (Å²) in [6.45, 7) is 4.07. The normalized spacial score (nSPS) is 17.2. The van der Waals surface area contributed by atoms with E-state index in [1.165, 1.54) is 0 Å². The van der Waals surface area contributed by atoms with Crippen molar-refractivity contribution in [2.75, 3.05) is 7.11 Å². The lowest BCUT2D eigenvalue weighted by Crippen LogP contribution is -2.51. The summed E-state index contributed by atoms with van der Waals surface area (Å²) < 4.78 is 5.33. The Hall–Kier alpha value is -2.84. The van der Waals surface area contributed by atoms with Crippen molar-refractivity contribution in [2.45, 2.75) is 44.9 Å². The minimum atomic E-state index is -0.955. The Morgan fingerprint density at radius 1 is 1.29 bits per heavy atom. The molecular formula is C23H24N2O3. The molecule has 1 heterocycles. The molecule has 2 aliphatic rings. The van der Waals surface area contributed by atoms with Crippen LogP contribution in [0, 0.1) is 17.2 Å². The second-order valence-electron chi connectivity index (χ2n) is 8.27. The van der Waals surface area contributed by atoms with E-state index >= 15 is 0 Å². The summed E-state index contributed by atoms with van der Waals surface area (Å²) in [5, 5.41) is 20.1. The summed E-state index contributed by atoms with van der Waals surface area (Å²) >= 11 is 0. The van der Waals surface area contributed by atoms with E-state index in [-0.39, 0.29) is 11.9 Å². The molecule has 28 heavy (non-hydrogen) atoms. The fraction of sp³-hybridized carbons (Fsp3) is 0.391. The molecule has 1 aliphatic heterocycles. The molecule has 1 atom stereocenters. The average Bonchev–Trinajstić information content (AvgIpc) is 3.44. The minimum Gasteiger partial charge on any atom is -0.497 e. The highest BCUT2D eigenvalue weighted by atomic mass is 16.5. The molecule has 5 nitrogen and oxygen atoms in total. The quantitative estimate of drug-likeness (QED) is 0.863. The molecule has 1 aliphatic carbocycles. The standard InChI is InChI=1S/C23H24N2O3/c1-23(2,27)21(15-7-8-15)25-13-16-5-4-6-19(20(16)22(25)26)17-9-14(12-24)10-18(11-17)28-3/h4-6,9-11,15,21,27H,7-8,13H2,1-3H3. The third kappa shape index (κ3) is 3.14. The molecule has 1 saturated carbocycles. The van der Waals surface area contributed by atoms with Crippen LogP contribution in [0.4, 0.5) is 0 Å². The van der Waals surface area contributed by atoms with Crippen LogP contribution in [0.5, 0.6) is 5.75 Å². The number of ether oxygens (including phenoxy) is 1. The lowest BCUT2D eigenvalue weighted by Gasteiger charge is -2.37. The van der Waals surface area contributed by atoms with E-state index in [0.717, 1.165) is 29.5 Å². The topological polar surface area (TPSA) is 73.6 Å². The van der Waals surface area contributed by atoms with Crippen molar-refractivity contribution >= 4 is 5.91 Å². The van der Waals surface area contributed by atoms with Crippen LogP contribution in [0.25, 0.3) is 11.1 Å². The number of fused-ring (bicyclic) bond motifs is 1. The summed E-state index contributed by atoms with van der Waals surface area (Å²) in [6, 6.07) is 13.1. The number of amides is 1. The zero-order chi connectivity index (χ0) is 20.1. The van der Waals surface area contributed by atoms with Crippen LogP contribution in [0.15, 0.2) is 36.4 Å². The van der Waals surface area contributed by atoms with Gasteiger partial charge in [-0.25, -0.2) is 0 Å². The molecule has 0 spiro atoms. The van der Waals surface area contributed by atoms with Crippen molar-refractivity contribution in [1.82, 2.24) is 4.90 Å². The maximum absolute atomic E-state index is 13.4. The van der Waals surface area contributed by atoms with Gasteiger partial charge in [-0.15, -0.1) is 0 Å². The Bertz CT molecular complexity index is 980. The number of carbonyl (C=O) groups excluding carboxylic acids is 1. The largest absolute Gasteiger partial charge is 0.497 e. The molecule has 0 aromatic heterocycles. The molecular weight excluding hydrogens is 352 g/mol. The summed E-state index contributed by atoms with van der Waals surface area (Å²) in [5.41, 5.74) is 2.73. The van der Waals surface area contributed by atoms with Crippen molar-refractivity contribution < 1.29 is 14.6 Å². The van der Waals surface area contributed by atoms with Crippen LogP contribution in [0.2, 0.25) is 0 Å². The Morgan fingerprint density at radius 3 is 2.64 bits per heavy atom. The van der Waals surface area contributed by atoms with Gasteiger partial charge < -0.3 is 14.7 Å². The van der Waals surface area contributed by atoms with Gasteiger partial charge in [-0.05, 0) is 67.5 Å². The maximum Gasteiger partial charge on any atom is 0.255 e. The smallest absolute Gasteiger partial charge is 0.255 e. The van der Waals surface area contributed by atoms with Gasteiger partial charge in [-0.3, -0.25) is 4.79 Å². The number of methoxy groups -OCH3 is 1. The number of hydrogen-bond donors (Lipinski definition) is 1. The summed E-state index contributed by atoms with van der Waals surface area (Å²) in [5.74, 6) is 0.885. The van der Waals surface area contributed by atoms with Crippen molar-refractivity contribution in [1.29, 1.82) is 5.26 Å². The molecule has 4 rings (SSSR count). The molecule has 1 fully saturated rings. The van der Waals surface area contributed by atoms with E-state index in [9.17, 15) is 15.2 Å². The number of nitrogens with zero attached hydrogens (tertiary/aromatic N) is 2. The van der Waals surface area contributed by atoms with Crippen molar-refractivity contribution in [3.05, 3.63) is 53.1 Å². The molecule has 0 saturated heterocycles. The predicted octanol–water partition coefficient (Wildman–Crippen LogP) is 3.74. The number of nitriles is 1. The molecule has 1 unspecified atom stereocenters. The molecule has 144 valence electrons. The monoisotopic (exact) mass is 376 g/mol. The number of hydrogen-bond acceptors (Lipinski definition) is 4. The Balaban J connectivity index is 1.79. The average molecular weight is 376 g/mol. The van der Waals surface area contributed by atoms with Gasteiger partial charge in [0.2, 0.25) is 0 Å². The molecule has 0 bridgehead atoms. The predicted molar refractivity (Wildman–Crippen MR) is 106 cm³/mol. The molecule has 2 aromatic rings. The van der Waals surface area contributed by atoms with Crippen LogP contribution in [-0.4, -0.2) is 34.7 Å². The molecule has 2 aromatic carbocycles. The van der Waals surface area contributed by atoms with E-state index in [1.54, 1.807) is 33.1 Å². The Morgan fingerprint density at radius 2 is 2.04 bits per heavy atom. The second kappa shape index (κ2) is 6.65. The summed E-state index contributed by atoms with van der Waals surface area (Å²) in [4.78, 5) is 15.3. The molecule has 1 N–H and O–H groups in total. The van der Waals surface area contributed by atoms with Crippen LogP contribution in [0.3, 0.4) is 0 Å². The lowest BCUT2D eigenvalue weighted by atomic mass is 9.92. The first-order chi connectivity index (χ1) is 13.3. The lowest BCUT2D eigenvalue weighted by molar-refractivity contribution is -0.0224. The molecule has 1 amide bonds. The van der Waals surface area contributed by atoms with Crippen LogP contribution >= 0.6 is 0 Å². The van der Waals surface area contributed by atoms with Crippen molar-refractivity contribution in [3.63, 3.8) is 0 Å². The van der Waals surface area contributed by atoms with Gasteiger partial charge in [0, 0.05) is 6.54 Å². The zero-order valence-corrected chi connectivity index (χ0v) is 16.4. The number of rotatable bonds is 5. The fourth-order valence-corrected chi connectivity index (χ4v) is 4.41. The summed E-state index contributed by atoms with van der Waals surface area (Å²) in [7, 11) is 1.56. The van der Waals surface area contributed by atoms with E-state index in [4.69, 9.17) is 4.74 Å². The number of benzene rings is 2. The highest BCUT2D eigenvalue weighted by Gasteiger charge is 2.48. The third-order valence-corrected chi connectivity index (χ3v) is 5.68. The van der Waals surface area contributed by atoms with Gasteiger partial charge in [-0.2, -0.15) is 5.26 Å². The van der Waals surface area contributed by atoms with E-state index in [0.29, 0.717) is 29.3 Å². The van der Waals surface area contributed by atoms with Gasteiger partial charge >= 0.3 is 0 Å². The van der Waals surface area contributed by atoms with Crippen molar-refractivity contribution in [2.24, 2.45) is 5.92 Å². The molecule has 0 radical (unpaired) electrons. The fourth-order valence-electron chi connectivity index (χ4n) is 4.41. The van der Waals surface area contributed by atoms with Gasteiger partial charge in [0.25, 0.3) is 5.91 Å². The van der Waals surface area contributed by atoms with E-state index in [2.05, 4.69) is 6.07 Å². The van der Waals surface area contributed by atoms with Gasteiger partial charge in [0.15, 0.2) is 0 Å².